The fourth-order valence-corrected chi connectivity index (χ4v) is 3.08. The summed E-state index contributed by atoms with van der Waals surface area (Å²) in [6.07, 6.45) is 7.11. The van der Waals surface area contributed by atoms with E-state index in [9.17, 15) is 0 Å². The number of rotatable bonds is 3. The second-order valence-electron chi connectivity index (χ2n) is 5.76. The predicted molar refractivity (Wildman–Crippen MR) is 81.7 cm³/mol. The molecule has 1 aromatic heterocycles. The molecule has 2 atom stereocenters. The molecule has 2 N–H and O–H groups in total. The van der Waals surface area contributed by atoms with E-state index in [1.807, 2.05) is 18.3 Å². The van der Waals surface area contributed by atoms with Crippen molar-refractivity contribution in [1.82, 2.24) is 4.98 Å². The van der Waals surface area contributed by atoms with E-state index in [-0.39, 0.29) is 0 Å². The van der Waals surface area contributed by atoms with Crippen LogP contribution in [0.1, 0.15) is 38.2 Å². The van der Waals surface area contributed by atoms with Gasteiger partial charge in [-0.1, -0.05) is 31.5 Å². The molecule has 0 radical (unpaired) electrons. The van der Waals surface area contributed by atoms with E-state index in [1.54, 1.807) is 0 Å². The van der Waals surface area contributed by atoms with Gasteiger partial charge >= 0.3 is 0 Å². The van der Waals surface area contributed by atoms with E-state index in [0.717, 1.165) is 28.6 Å². The highest BCUT2D eigenvalue weighted by Gasteiger charge is 2.24. The first-order valence-corrected chi connectivity index (χ1v) is 7.53. The number of benzene rings is 1. The van der Waals surface area contributed by atoms with Crippen LogP contribution in [-0.2, 0) is 6.54 Å². The number of aromatic nitrogens is 1. The monoisotopic (exact) mass is 270 g/mol. The number of ether oxygens (including phenoxy) is 1. The third kappa shape index (κ3) is 2.50. The van der Waals surface area contributed by atoms with Gasteiger partial charge in [0.1, 0.15) is 6.10 Å². The first-order valence-electron chi connectivity index (χ1n) is 7.53. The molecule has 106 valence electrons. The lowest BCUT2D eigenvalue weighted by Gasteiger charge is -2.29. The molecule has 2 unspecified atom stereocenters. The van der Waals surface area contributed by atoms with Crippen molar-refractivity contribution in [2.24, 2.45) is 11.7 Å². The number of nitrogens with two attached hydrogens (primary N) is 1. The minimum absolute atomic E-state index is 0.295. The van der Waals surface area contributed by atoms with E-state index in [4.69, 9.17) is 10.5 Å². The minimum atomic E-state index is 0.295. The zero-order valence-corrected chi connectivity index (χ0v) is 12.0. The van der Waals surface area contributed by atoms with Crippen LogP contribution in [0.2, 0.25) is 0 Å². The lowest BCUT2D eigenvalue weighted by atomic mass is 9.88. The maximum absolute atomic E-state index is 6.23. The Hall–Kier alpha value is -1.61. The fourth-order valence-electron chi connectivity index (χ4n) is 3.08. The number of hydrogen-bond acceptors (Lipinski definition) is 3. The van der Waals surface area contributed by atoms with Crippen LogP contribution in [0.3, 0.4) is 0 Å². The first-order chi connectivity index (χ1) is 9.79. The van der Waals surface area contributed by atoms with Gasteiger partial charge in [-0.15, -0.1) is 0 Å². The predicted octanol–water partition coefficient (Wildman–Crippen LogP) is 3.65. The quantitative estimate of drug-likeness (QED) is 0.926. The van der Waals surface area contributed by atoms with E-state index in [2.05, 4.69) is 24.0 Å². The zero-order chi connectivity index (χ0) is 13.9. The molecule has 0 amide bonds. The molecule has 1 aromatic carbocycles. The van der Waals surface area contributed by atoms with Crippen LogP contribution in [0, 0.1) is 5.92 Å². The molecule has 20 heavy (non-hydrogen) atoms. The summed E-state index contributed by atoms with van der Waals surface area (Å²) in [6, 6.07) is 8.23. The summed E-state index contributed by atoms with van der Waals surface area (Å²) in [5, 5.41) is 2.23. The summed E-state index contributed by atoms with van der Waals surface area (Å²) < 4.78 is 6.23. The maximum atomic E-state index is 6.23. The molecule has 3 nitrogen and oxygen atoms in total. The number of fused-ring (bicyclic) bond motifs is 1. The average Bonchev–Trinajstić information content (AvgIpc) is 2.50. The topological polar surface area (TPSA) is 48.1 Å². The molecule has 1 saturated carbocycles. The summed E-state index contributed by atoms with van der Waals surface area (Å²) >= 11 is 0. The summed E-state index contributed by atoms with van der Waals surface area (Å²) in [4.78, 5) is 4.50. The Labute approximate surface area is 120 Å². The summed E-state index contributed by atoms with van der Waals surface area (Å²) in [5.74, 6) is 1.37. The average molecular weight is 270 g/mol. The normalized spacial score (nSPS) is 22.9. The number of pyridine rings is 1. The molecule has 1 fully saturated rings. The summed E-state index contributed by atoms with van der Waals surface area (Å²) in [7, 11) is 0. The van der Waals surface area contributed by atoms with Crippen molar-refractivity contribution in [1.29, 1.82) is 0 Å². The minimum Gasteiger partial charge on any atom is -0.474 e. The smallest absolute Gasteiger partial charge is 0.221 e. The zero-order valence-electron chi connectivity index (χ0n) is 12.0. The highest BCUT2D eigenvalue weighted by Crippen LogP contribution is 2.31. The van der Waals surface area contributed by atoms with Gasteiger partial charge in [0, 0.05) is 18.1 Å². The molecule has 0 spiro atoms. The van der Waals surface area contributed by atoms with E-state index in [0.29, 0.717) is 18.6 Å². The van der Waals surface area contributed by atoms with Crippen LogP contribution < -0.4 is 10.5 Å². The van der Waals surface area contributed by atoms with Crippen molar-refractivity contribution in [3.8, 4) is 5.88 Å². The number of nitrogens with zero attached hydrogens (tertiary/aromatic N) is 1. The van der Waals surface area contributed by atoms with Crippen LogP contribution in [0.15, 0.2) is 30.5 Å². The molecule has 0 bridgehead atoms. The van der Waals surface area contributed by atoms with Crippen LogP contribution in [-0.4, -0.2) is 11.1 Å². The van der Waals surface area contributed by atoms with Crippen molar-refractivity contribution < 1.29 is 4.74 Å². The lowest BCUT2D eigenvalue weighted by molar-refractivity contribution is 0.0993. The van der Waals surface area contributed by atoms with E-state index >= 15 is 0 Å². The van der Waals surface area contributed by atoms with E-state index < -0.39 is 0 Å². The molecular weight excluding hydrogens is 248 g/mol. The van der Waals surface area contributed by atoms with Crippen LogP contribution >= 0.6 is 0 Å². The summed E-state index contributed by atoms with van der Waals surface area (Å²) in [5.41, 5.74) is 6.87. The SMILES string of the molecule is CC1CCCCC1Oc1ncc(CN)c2ccccc12. The Bertz CT molecular complexity index is 597. The molecule has 1 aliphatic carbocycles. The molecule has 3 rings (SSSR count). The van der Waals surface area contributed by atoms with Gasteiger partial charge in [-0.05, 0) is 42.2 Å². The highest BCUT2D eigenvalue weighted by molar-refractivity contribution is 5.89. The molecule has 0 aliphatic heterocycles. The van der Waals surface area contributed by atoms with Gasteiger partial charge in [-0.3, -0.25) is 0 Å². The van der Waals surface area contributed by atoms with Crippen LogP contribution in [0.4, 0.5) is 0 Å². The van der Waals surface area contributed by atoms with Crippen molar-refractivity contribution in [2.75, 3.05) is 0 Å². The molecule has 3 heteroatoms. The Morgan fingerprint density at radius 2 is 1.95 bits per heavy atom. The van der Waals surface area contributed by atoms with Gasteiger partial charge in [0.25, 0.3) is 0 Å². The number of hydrogen-bond donors (Lipinski definition) is 1. The Morgan fingerprint density at radius 3 is 2.70 bits per heavy atom. The van der Waals surface area contributed by atoms with Gasteiger partial charge in [-0.25, -0.2) is 4.98 Å². The molecule has 1 heterocycles. The summed E-state index contributed by atoms with van der Waals surface area (Å²) in [6.45, 7) is 2.79. The van der Waals surface area contributed by atoms with Crippen molar-refractivity contribution in [3.63, 3.8) is 0 Å². The standard InChI is InChI=1S/C17H22N2O/c1-12-6-2-5-9-16(12)20-17-15-8-4-3-7-14(15)13(10-18)11-19-17/h3-4,7-8,11-12,16H,2,5-6,9-10,18H2,1H3. The maximum Gasteiger partial charge on any atom is 0.221 e. The van der Waals surface area contributed by atoms with Crippen LogP contribution in [0.25, 0.3) is 10.8 Å². The molecular formula is C17H22N2O. The lowest BCUT2D eigenvalue weighted by Crippen LogP contribution is -2.28. The Balaban J connectivity index is 1.95. The largest absolute Gasteiger partial charge is 0.474 e. The second kappa shape index (κ2) is 5.80. The molecule has 1 aliphatic rings. The van der Waals surface area contributed by atoms with Gasteiger partial charge in [-0.2, -0.15) is 0 Å². The third-order valence-electron chi connectivity index (χ3n) is 4.36. The van der Waals surface area contributed by atoms with Gasteiger partial charge < -0.3 is 10.5 Å². The van der Waals surface area contributed by atoms with Crippen molar-refractivity contribution in [2.45, 2.75) is 45.3 Å². The second-order valence-corrected chi connectivity index (χ2v) is 5.76. The van der Waals surface area contributed by atoms with Gasteiger partial charge in [0.05, 0.1) is 0 Å². The molecule has 0 saturated heterocycles. The van der Waals surface area contributed by atoms with E-state index in [1.165, 1.54) is 19.3 Å². The van der Waals surface area contributed by atoms with Crippen LogP contribution in [0.5, 0.6) is 5.88 Å². The Morgan fingerprint density at radius 1 is 1.20 bits per heavy atom. The van der Waals surface area contributed by atoms with Crippen molar-refractivity contribution >= 4 is 10.8 Å². The van der Waals surface area contributed by atoms with Gasteiger partial charge in [0.2, 0.25) is 5.88 Å². The highest BCUT2D eigenvalue weighted by atomic mass is 16.5. The van der Waals surface area contributed by atoms with Crippen molar-refractivity contribution in [3.05, 3.63) is 36.0 Å². The fraction of sp³-hybridized carbons (Fsp3) is 0.471. The van der Waals surface area contributed by atoms with Gasteiger partial charge in [0.15, 0.2) is 0 Å². The third-order valence-corrected chi connectivity index (χ3v) is 4.36. The first kappa shape index (κ1) is 13.4. The Kier molecular flexibility index (Phi) is 3.88. The molecule has 2 aromatic rings.